The molecule has 0 radical (unpaired) electrons. The molecule has 0 unspecified atom stereocenters. The molecule has 1 fully saturated rings. The molecule has 1 aromatic carbocycles. The van der Waals surface area contributed by atoms with E-state index in [1.165, 1.54) is 19.3 Å². The van der Waals surface area contributed by atoms with Gasteiger partial charge in [0, 0.05) is 16.9 Å². The lowest BCUT2D eigenvalue weighted by atomic mass is 9.84. The summed E-state index contributed by atoms with van der Waals surface area (Å²) in [6.45, 7) is 1.65. The minimum absolute atomic E-state index is 0.433. The maximum atomic E-state index is 5.68. The van der Waals surface area contributed by atoms with Crippen molar-refractivity contribution in [2.24, 2.45) is 0 Å². The van der Waals surface area contributed by atoms with Crippen LogP contribution in [0.2, 0.25) is 0 Å². The highest BCUT2D eigenvalue weighted by molar-refractivity contribution is 8.00. The Balaban J connectivity index is 1.55. The van der Waals surface area contributed by atoms with Gasteiger partial charge >= 0.3 is 0 Å². The largest absolute Gasteiger partial charge is 0.419 e. The van der Waals surface area contributed by atoms with Crippen molar-refractivity contribution in [3.05, 3.63) is 36.2 Å². The van der Waals surface area contributed by atoms with Gasteiger partial charge in [-0.05, 0) is 31.2 Å². The van der Waals surface area contributed by atoms with Crippen LogP contribution in [0.4, 0.5) is 0 Å². The number of hydrogen-bond donors (Lipinski definition) is 1. The van der Waals surface area contributed by atoms with Crippen molar-refractivity contribution in [1.29, 1.82) is 0 Å². The summed E-state index contributed by atoms with van der Waals surface area (Å²) in [5.74, 6) is 1.24. The molecular formula is C15H19N3OS. The Labute approximate surface area is 123 Å². The molecule has 2 aromatic rings. The van der Waals surface area contributed by atoms with Gasteiger partial charge in [-0.2, -0.15) is 11.8 Å². The van der Waals surface area contributed by atoms with Gasteiger partial charge in [0.25, 0.3) is 0 Å². The van der Waals surface area contributed by atoms with E-state index in [0.29, 0.717) is 23.1 Å². The van der Waals surface area contributed by atoms with Crippen LogP contribution >= 0.6 is 11.8 Å². The molecule has 1 saturated carbocycles. The average molecular weight is 289 g/mol. The second-order valence-corrected chi connectivity index (χ2v) is 6.49. The standard InChI is InChI=1S/C15H19N3OS/c1-20-15(8-5-9-15)11-16-10-13-17-18-14(19-13)12-6-3-2-4-7-12/h2-4,6-7,16H,5,8-11H2,1H3. The van der Waals surface area contributed by atoms with Crippen LogP contribution in [-0.4, -0.2) is 27.7 Å². The maximum absolute atomic E-state index is 5.68. The SMILES string of the molecule is CSC1(CNCc2nnc(-c3ccccc3)o2)CCC1. The van der Waals surface area contributed by atoms with E-state index in [9.17, 15) is 0 Å². The van der Waals surface area contributed by atoms with E-state index in [2.05, 4.69) is 21.8 Å². The Morgan fingerprint density at radius 3 is 2.70 bits per heavy atom. The van der Waals surface area contributed by atoms with Crippen molar-refractivity contribution in [3.8, 4) is 11.5 Å². The minimum Gasteiger partial charge on any atom is -0.419 e. The minimum atomic E-state index is 0.433. The summed E-state index contributed by atoms with van der Waals surface area (Å²) in [5.41, 5.74) is 0.964. The van der Waals surface area contributed by atoms with Gasteiger partial charge in [0.05, 0.1) is 6.54 Å². The van der Waals surface area contributed by atoms with E-state index < -0.39 is 0 Å². The summed E-state index contributed by atoms with van der Waals surface area (Å²) in [6, 6.07) is 9.86. The molecule has 0 saturated heterocycles. The van der Waals surface area contributed by atoms with Gasteiger partial charge in [-0.3, -0.25) is 0 Å². The van der Waals surface area contributed by atoms with Crippen LogP contribution in [-0.2, 0) is 6.54 Å². The predicted molar refractivity (Wildman–Crippen MR) is 81.5 cm³/mol. The lowest BCUT2D eigenvalue weighted by Gasteiger charge is -2.40. The molecular weight excluding hydrogens is 270 g/mol. The Kier molecular flexibility index (Phi) is 4.08. The zero-order valence-corrected chi connectivity index (χ0v) is 12.4. The second-order valence-electron chi connectivity index (χ2n) is 5.21. The first-order chi connectivity index (χ1) is 9.81. The lowest BCUT2D eigenvalue weighted by Crippen LogP contribution is -2.43. The third-order valence-electron chi connectivity index (χ3n) is 3.91. The molecule has 1 aromatic heterocycles. The number of thioether (sulfide) groups is 1. The van der Waals surface area contributed by atoms with E-state index in [-0.39, 0.29) is 0 Å². The molecule has 1 aliphatic rings. The monoisotopic (exact) mass is 289 g/mol. The third-order valence-corrected chi connectivity index (χ3v) is 5.33. The van der Waals surface area contributed by atoms with E-state index >= 15 is 0 Å². The summed E-state index contributed by atoms with van der Waals surface area (Å²) in [5, 5.41) is 11.6. The number of rotatable bonds is 6. The van der Waals surface area contributed by atoms with Gasteiger partial charge in [-0.15, -0.1) is 10.2 Å². The Bertz CT molecular complexity index is 546. The van der Waals surface area contributed by atoms with Crippen molar-refractivity contribution in [1.82, 2.24) is 15.5 Å². The number of hydrogen-bond acceptors (Lipinski definition) is 5. The van der Waals surface area contributed by atoms with Crippen LogP contribution < -0.4 is 5.32 Å². The molecule has 0 aliphatic heterocycles. The normalized spacial score (nSPS) is 16.9. The van der Waals surface area contributed by atoms with E-state index in [4.69, 9.17) is 4.42 Å². The molecule has 20 heavy (non-hydrogen) atoms. The van der Waals surface area contributed by atoms with Crippen molar-refractivity contribution in [3.63, 3.8) is 0 Å². The van der Waals surface area contributed by atoms with Gasteiger partial charge in [0.15, 0.2) is 0 Å². The zero-order chi connectivity index (χ0) is 13.8. The zero-order valence-electron chi connectivity index (χ0n) is 11.6. The fraction of sp³-hybridized carbons (Fsp3) is 0.467. The van der Waals surface area contributed by atoms with Crippen LogP contribution in [0.5, 0.6) is 0 Å². The van der Waals surface area contributed by atoms with Crippen LogP contribution in [0, 0.1) is 0 Å². The Hall–Kier alpha value is -1.33. The van der Waals surface area contributed by atoms with Crippen molar-refractivity contribution >= 4 is 11.8 Å². The topological polar surface area (TPSA) is 51.0 Å². The van der Waals surface area contributed by atoms with Gasteiger partial charge in [0.1, 0.15) is 0 Å². The van der Waals surface area contributed by atoms with Crippen molar-refractivity contribution < 1.29 is 4.42 Å². The third kappa shape index (κ3) is 2.88. The molecule has 0 amide bonds. The van der Waals surface area contributed by atoms with E-state index in [0.717, 1.165) is 12.1 Å². The summed E-state index contributed by atoms with van der Waals surface area (Å²) in [4.78, 5) is 0. The average Bonchev–Trinajstić information content (AvgIpc) is 2.92. The molecule has 4 nitrogen and oxygen atoms in total. The quantitative estimate of drug-likeness (QED) is 0.885. The molecule has 1 aliphatic carbocycles. The van der Waals surface area contributed by atoms with Gasteiger partial charge in [0.2, 0.25) is 11.8 Å². The first-order valence-corrected chi connectivity index (χ1v) is 8.17. The highest BCUT2D eigenvalue weighted by atomic mass is 32.2. The predicted octanol–water partition coefficient (Wildman–Crippen LogP) is 3.11. The molecule has 5 heteroatoms. The summed E-state index contributed by atoms with van der Waals surface area (Å²) in [7, 11) is 0. The summed E-state index contributed by atoms with van der Waals surface area (Å²) >= 11 is 1.97. The number of aromatic nitrogens is 2. The first kappa shape index (κ1) is 13.6. The van der Waals surface area contributed by atoms with Gasteiger partial charge in [-0.25, -0.2) is 0 Å². The Morgan fingerprint density at radius 2 is 2.05 bits per heavy atom. The lowest BCUT2D eigenvalue weighted by molar-refractivity contribution is 0.338. The molecule has 0 atom stereocenters. The van der Waals surface area contributed by atoms with Crippen LogP contribution in [0.1, 0.15) is 25.2 Å². The molecule has 1 N–H and O–H groups in total. The second kappa shape index (κ2) is 5.97. The highest BCUT2D eigenvalue weighted by Gasteiger charge is 2.35. The van der Waals surface area contributed by atoms with Gasteiger partial charge < -0.3 is 9.73 Å². The van der Waals surface area contributed by atoms with Crippen molar-refractivity contribution in [2.45, 2.75) is 30.6 Å². The summed E-state index contributed by atoms with van der Waals surface area (Å²) in [6.07, 6.45) is 6.16. The number of nitrogens with zero attached hydrogens (tertiary/aromatic N) is 2. The fourth-order valence-corrected chi connectivity index (χ4v) is 3.39. The van der Waals surface area contributed by atoms with Crippen LogP contribution in [0.15, 0.2) is 34.7 Å². The molecule has 0 spiro atoms. The van der Waals surface area contributed by atoms with Crippen LogP contribution in [0.25, 0.3) is 11.5 Å². The smallest absolute Gasteiger partial charge is 0.247 e. The Morgan fingerprint density at radius 1 is 1.25 bits per heavy atom. The molecule has 106 valence electrons. The fourth-order valence-electron chi connectivity index (χ4n) is 2.44. The van der Waals surface area contributed by atoms with Crippen molar-refractivity contribution in [2.75, 3.05) is 12.8 Å². The number of nitrogens with one attached hydrogen (secondary N) is 1. The summed E-state index contributed by atoms with van der Waals surface area (Å²) < 4.78 is 6.11. The first-order valence-electron chi connectivity index (χ1n) is 6.95. The maximum Gasteiger partial charge on any atom is 0.247 e. The molecule has 1 heterocycles. The van der Waals surface area contributed by atoms with Crippen LogP contribution in [0.3, 0.4) is 0 Å². The number of benzene rings is 1. The highest BCUT2D eigenvalue weighted by Crippen LogP contribution is 2.42. The van der Waals surface area contributed by atoms with E-state index in [1.54, 1.807) is 0 Å². The molecule has 3 rings (SSSR count). The van der Waals surface area contributed by atoms with Gasteiger partial charge in [-0.1, -0.05) is 24.6 Å². The molecule has 0 bridgehead atoms. The van der Waals surface area contributed by atoms with E-state index in [1.807, 2.05) is 42.1 Å².